The Kier molecular flexibility index (Phi) is 3.22. The van der Waals surface area contributed by atoms with Crippen LogP contribution in [0.3, 0.4) is 0 Å². The molecule has 0 unspecified atom stereocenters. The van der Waals surface area contributed by atoms with Gasteiger partial charge in [0.25, 0.3) is 5.91 Å². The minimum atomic E-state index is -0.656. The zero-order valence-corrected chi connectivity index (χ0v) is 11.2. The van der Waals surface area contributed by atoms with E-state index >= 15 is 0 Å². The molecule has 0 aromatic heterocycles. The Morgan fingerprint density at radius 2 is 2.22 bits per heavy atom. The number of carbonyl (C=O) groups is 1. The predicted octanol–water partition coefficient (Wildman–Crippen LogP) is 1.76. The summed E-state index contributed by atoms with van der Waals surface area (Å²) in [7, 11) is 0. The fourth-order valence-electron chi connectivity index (χ4n) is 1.91. The highest BCUT2D eigenvalue weighted by Gasteiger charge is 2.35. The second-order valence-corrected chi connectivity index (χ2v) is 5.26. The second-order valence-electron chi connectivity index (χ2n) is 4.82. The lowest BCUT2D eigenvalue weighted by atomic mass is 9.83. The summed E-state index contributed by atoms with van der Waals surface area (Å²) < 4.78 is 0. The number of halogens is 1. The van der Waals surface area contributed by atoms with Crippen molar-refractivity contribution in [1.29, 1.82) is 0 Å². The molecule has 0 saturated carbocycles. The Hall–Kier alpha value is -1.68. The van der Waals surface area contributed by atoms with Gasteiger partial charge in [0.05, 0.1) is 12.0 Å². The SMILES string of the molecule is CC(C)(C(=O)N1CC=C(N)N1)c1cccc(Cl)c1. The number of rotatable bonds is 2. The normalized spacial score (nSPS) is 15.3. The van der Waals surface area contributed by atoms with Crippen molar-refractivity contribution in [2.24, 2.45) is 5.73 Å². The van der Waals surface area contributed by atoms with Crippen LogP contribution < -0.4 is 11.2 Å². The average molecular weight is 266 g/mol. The van der Waals surface area contributed by atoms with Crippen LogP contribution in [0, 0.1) is 0 Å². The molecule has 0 bridgehead atoms. The van der Waals surface area contributed by atoms with Gasteiger partial charge in [0.15, 0.2) is 0 Å². The van der Waals surface area contributed by atoms with Crippen LogP contribution >= 0.6 is 11.6 Å². The van der Waals surface area contributed by atoms with Crippen LogP contribution in [-0.4, -0.2) is 17.5 Å². The van der Waals surface area contributed by atoms with E-state index in [2.05, 4.69) is 5.43 Å². The molecule has 2 rings (SSSR count). The lowest BCUT2D eigenvalue weighted by Gasteiger charge is -2.29. The van der Waals surface area contributed by atoms with Crippen LogP contribution in [0.25, 0.3) is 0 Å². The van der Waals surface area contributed by atoms with E-state index in [0.717, 1.165) is 5.56 Å². The van der Waals surface area contributed by atoms with Crippen LogP contribution in [0.2, 0.25) is 5.02 Å². The van der Waals surface area contributed by atoms with Crippen molar-refractivity contribution < 1.29 is 4.79 Å². The molecule has 3 N–H and O–H groups in total. The number of nitrogens with zero attached hydrogens (tertiary/aromatic N) is 1. The van der Waals surface area contributed by atoms with Gasteiger partial charge in [0.2, 0.25) is 0 Å². The molecule has 0 aliphatic carbocycles. The zero-order valence-electron chi connectivity index (χ0n) is 10.4. The minimum absolute atomic E-state index is 0.0403. The highest BCUT2D eigenvalue weighted by molar-refractivity contribution is 6.30. The third-order valence-corrected chi connectivity index (χ3v) is 3.32. The third-order valence-electron chi connectivity index (χ3n) is 3.08. The van der Waals surface area contributed by atoms with Gasteiger partial charge in [-0.25, -0.2) is 0 Å². The summed E-state index contributed by atoms with van der Waals surface area (Å²) >= 11 is 5.97. The van der Waals surface area contributed by atoms with Gasteiger partial charge in [-0.05, 0) is 37.6 Å². The Labute approximate surface area is 111 Å². The molecule has 5 heteroatoms. The molecule has 96 valence electrons. The molecule has 18 heavy (non-hydrogen) atoms. The first-order valence-corrected chi connectivity index (χ1v) is 6.09. The Morgan fingerprint density at radius 1 is 1.50 bits per heavy atom. The van der Waals surface area contributed by atoms with Gasteiger partial charge in [0, 0.05) is 5.02 Å². The summed E-state index contributed by atoms with van der Waals surface area (Å²) in [5.74, 6) is 0.465. The van der Waals surface area contributed by atoms with Gasteiger partial charge in [-0.2, -0.15) is 0 Å². The van der Waals surface area contributed by atoms with E-state index in [0.29, 0.717) is 17.4 Å². The predicted molar refractivity (Wildman–Crippen MR) is 71.6 cm³/mol. The van der Waals surface area contributed by atoms with E-state index in [1.165, 1.54) is 5.01 Å². The number of hydrogen-bond acceptors (Lipinski definition) is 3. The summed E-state index contributed by atoms with van der Waals surface area (Å²) in [4.78, 5) is 12.5. The largest absolute Gasteiger partial charge is 0.384 e. The van der Waals surface area contributed by atoms with Crippen molar-refractivity contribution in [1.82, 2.24) is 10.4 Å². The van der Waals surface area contributed by atoms with Gasteiger partial charge in [-0.3, -0.25) is 15.2 Å². The third kappa shape index (κ3) is 2.29. The Bertz CT molecular complexity index is 511. The van der Waals surface area contributed by atoms with Crippen LogP contribution in [0.4, 0.5) is 0 Å². The molecule has 1 aliphatic heterocycles. The number of benzene rings is 1. The first-order chi connectivity index (χ1) is 8.41. The highest BCUT2D eigenvalue weighted by Crippen LogP contribution is 2.27. The molecule has 4 nitrogen and oxygen atoms in total. The van der Waals surface area contributed by atoms with Crippen molar-refractivity contribution in [2.45, 2.75) is 19.3 Å². The van der Waals surface area contributed by atoms with Crippen molar-refractivity contribution in [3.8, 4) is 0 Å². The smallest absolute Gasteiger partial charge is 0.251 e. The van der Waals surface area contributed by atoms with Gasteiger partial charge in [0.1, 0.15) is 5.82 Å². The number of nitrogens with two attached hydrogens (primary N) is 1. The molecule has 0 spiro atoms. The first-order valence-electron chi connectivity index (χ1n) is 5.71. The number of carbonyl (C=O) groups excluding carboxylic acids is 1. The molecular weight excluding hydrogens is 250 g/mol. The van der Waals surface area contributed by atoms with Crippen LogP contribution in [-0.2, 0) is 10.2 Å². The van der Waals surface area contributed by atoms with Crippen LogP contribution in [0.15, 0.2) is 36.2 Å². The lowest BCUT2D eigenvalue weighted by molar-refractivity contribution is -0.137. The summed E-state index contributed by atoms with van der Waals surface area (Å²) in [6, 6.07) is 7.35. The van der Waals surface area contributed by atoms with Crippen LogP contribution in [0.5, 0.6) is 0 Å². The topological polar surface area (TPSA) is 58.4 Å². The molecule has 0 saturated heterocycles. The maximum atomic E-state index is 12.5. The van der Waals surface area contributed by atoms with Crippen molar-refractivity contribution in [3.63, 3.8) is 0 Å². The molecule has 1 aliphatic rings. The number of hydrogen-bond donors (Lipinski definition) is 2. The number of amides is 1. The summed E-state index contributed by atoms with van der Waals surface area (Å²) in [5, 5.41) is 2.14. The van der Waals surface area contributed by atoms with Crippen molar-refractivity contribution in [2.75, 3.05) is 6.54 Å². The van der Waals surface area contributed by atoms with Crippen LogP contribution in [0.1, 0.15) is 19.4 Å². The highest BCUT2D eigenvalue weighted by atomic mass is 35.5. The Balaban J connectivity index is 2.23. The molecular formula is C13H16ClN3O. The fourth-order valence-corrected chi connectivity index (χ4v) is 2.10. The minimum Gasteiger partial charge on any atom is -0.384 e. The van der Waals surface area contributed by atoms with E-state index < -0.39 is 5.41 Å². The summed E-state index contributed by atoms with van der Waals surface area (Å²) in [6.07, 6.45) is 1.77. The molecule has 1 amide bonds. The van der Waals surface area contributed by atoms with E-state index in [9.17, 15) is 4.79 Å². The van der Waals surface area contributed by atoms with E-state index in [4.69, 9.17) is 17.3 Å². The average Bonchev–Trinajstić information content (AvgIpc) is 2.74. The monoisotopic (exact) mass is 265 g/mol. The van der Waals surface area contributed by atoms with Gasteiger partial charge in [-0.1, -0.05) is 23.7 Å². The first kappa shape index (κ1) is 12.8. The quantitative estimate of drug-likeness (QED) is 0.857. The number of nitrogens with one attached hydrogen (secondary N) is 1. The molecule has 0 atom stereocenters. The van der Waals surface area contributed by atoms with Gasteiger partial charge < -0.3 is 5.73 Å². The van der Waals surface area contributed by atoms with E-state index in [-0.39, 0.29) is 5.91 Å². The van der Waals surface area contributed by atoms with Gasteiger partial charge in [-0.15, -0.1) is 0 Å². The zero-order chi connectivity index (χ0) is 13.3. The van der Waals surface area contributed by atoms with Crippen molar-refractivity contribution >= 4 is 17.5 Å². The van der Waals surface area contributed by atoms with E-state index in [1.54, 1.807) is 12.1 Å². The molecule has 1 aromatic carbocycles. The summed E-state index contributed by atoms with van der Waals surface area (Å²) in [5.41, 5.74) is 8.66. The lowest BCUT2D eigenvalue weighted by Crippen LogP contribution is -2.48. The number of hydrazine groups is 1. The molecule has 0 radical (unpaired) electrons. The van der Waals surface area contributed by atoms with E-state index in [1.807, 2.05) is 32.0 Å². The standard InChI is InChI=1S/C13H16ClN3O/c1-13(2,9-4-3-5-10(14)8-9)12(18)17-7-6-11(15)16-17/h3-6,8,16H,7,15H2,1-2H3. The molecule has 0 fully saturated rings. The van der Waals surface area contributed by atoms with Gasteiger partial charge >= 0.3 is 0 Å². The summed E-state index contributed by atoms with van der Waals surface area (Å²) in [6.45, 7) is 4.23. The second kappa shape index (κ2) is 4.53. The maximum Gasteiger partial charge on any atom is 0.251 e. The molecule has 1 aromatic rings. The Morgan fingerprint density at radius 3 is 2.78 bits per heavy atom. The maximum absolute atomic E-state index is 12.5. The fraction of sp³-hybridized carbons (Fsp3) is 0.308. The van der Waals surface area contributed by atoms with Crippen molar-refractivity contribution in [3.05, 3.63) is 46.7 Å². The molecule has 1 heterocycles.